The van der Waals surface area contributed by atoms with Crippen LogP contribution in [0.25, 0.3) is 6.08 Å². The lowest BCUT2D eigenvalue weighted by Crippen LogP contribution is -2.28. The Balaban J connectivity index is 2.04. The predicted octanol–water partition coefficient (Wildman–Crippen LogP) is 3.09. The molecule has 2 rings (SSSR count). The van der Waals surface area contributed by atoms with Crippen molar-refractivity contribution in [2.45, 2.75) is 12.5 Å². The minimum Gasteiger partial charge on any atom is -0.481 e. The van der Waals surface area contributed by atoms with Crippen LogP contribution in [0.3, 0.4) is 0 Å². The quantitative estimate of drug-likeness (QED) is 0.806. The minimum absolute atomic E-state index is 0.150. The van der Waals surface area contributed by atoms with Crippen molar-refractivity contribution >= 4 is 29.3 Å². The average Bonchev–Trinajstić information content (AvgIpc) is 2.98. The zero-order chi connectivity index (χ0) is 15.1. The van der Waals surface area contributed by atoms with Crippen molar-refractivity contribution in [3.63, 3.8) is 0 Å². The summed E-state index contributed by atoms with van der Waals surface area (Å²) in [5, 5.41) is 13.6. The SMILES string of the molecule is O=C(O)CC(NC(=O)/C=C/c1cccs1)c1ccccc1. The van der Waals surface area contributed by atoms with Gasteiger partial charge in [0.1, 0.15) is 0 Å². The molecule has 0 spiro atoms. The summed E-state index contributed by atoms with van der Waals surface area (Å²) >= 11 is 1.53. The third kappa shape index (κ3) is 4.89. The first-order valence-corrected chi connectivity index (χ1v) is 7.32. The molecule has 1 aromatic carbocycles. The van der Waals surface area contributed by atoms with Gasteiger partial charge in [-0.05, 0) is 23.1 Å². The Morgan fingerprint density at radius 3 is 2.57 bits per heavy atom. The summed E-state index contributed by atoms with van der Waals surface area (Å²) in [5.41, 5.74) is 0.776. The fourth-order valence-electron chi connectivity index (χ4n) is 1.88. The van der Waals surface area contributed by atoms with Gasteiger partial charge in [-0.1, -0.05) is 36.4 Å². The number of carbonyl (C=O) groups excluding carboxylic acids is 1. The number of nitrogens with one attached hydrogen (secondary N) is 1. The van der Waals surface area contributed by atoms with E-state index in [0.717, 1.165) is 10.4 Å². The first kappa shape index (κ1) is 15.0. The van der Waals surface area contributed by atoms with E-state index in [4.69, 9.17) is 5.11 Å². The van der Waals surface area contributed by atoms with E-state index in [-0.39, 0.29) is 12.3 Å². The van der Waals surface area contributed by atoms with E-state index in [0.29, 0.717) is 0 Å². The van der Waals surface area contributed by atoms with Gasteiger partial charge in [0.2, 0.25) is 5.91 Å². The third-order valence-electron chi connectivity index (χ3n) is 2.84. The number of amides is 1. The van der Waals surface area contributed by atoms with E-state index in [2.05, 4.69) is 5.32 Å². The van der Waals surface area contributed by atoms with Gasteiger partial charge in [0.05, 0.1) is 12.5 Å². The molecule has 1 atom stereocenters. The third-order valence-corrected chi connectivity index (χ3v) is 3.68. The monoisotopic (exact) mass is 301 g/mol. The molecule has 0 bridgehead atoms. The van der Waals surface area contributed by atoms with Crippen LogP contribution in [0.1, 0.15) is 22.9 Å². The van der Waals surface area contributed by atoms with E-state index in [1.807, 2.05) is 35.7 Å². The molecule has 2 aromatic rings. The summed E-state index contributed by atoms with van der Waals surface area (Å²) in [6.07, 6.45) is 2.98. The maximum atomic E-state index is 11.9. The zero-order valence-electron chi connectivity index (χ0n) is 11.2. The molecule has 0 saturated heterocycles. The molecule has 0 radical (unpaired) electrons. The van der Waals surface area contributed by atoms with E-state index in [9.17, 15) is 9.59 Å². The Bertz CT molecular complexity index is 620. The van der Waals surface area contributed by atoms with E-state index in [1.165, 1.54) is 17.4 Å². The van der Waals surface area contributed by atoms with Crippen molar-refractivity contribution in [2.24, 2.45) is 0 Å². The molecule has 108 valence electrons. The van der Waals surface area contributed by atoms with Gasteiger partial charge in [-0.15, -0.1) is 11.3 Å². The molecule has 0 fully saturated rings. The fraction of sp³-hybridized carbons (Fsp3) is 0.125. The van der Waals surface area contributed by atoms with Crippen LogP contribution in [0.2, 0.25) is 0 Å². The molecule has 21 heavy (non-hydrogen) atoms. The maximum absolute atomic E-state index is 11.9. The lowest BCUT2D eigenvalue weighted by atomic mass is 10.0. The summed E-state index contributed by atoms with van der Waals surface area (Å²) in [7, 11) is 0. The van der Waals surface area contributed by atoms with Crippen molar-refractivity contribution in [3.8, 4) is 0 Å². The van der Waals surface area contributed by atoms with Crippen molar-refractivity contribution in [1.29, 1.82) is 0 Å². The lowest BCUT2D eigenvalue weighted by Gasteiger charge is -2.16. The average molecular weight is 301 g/mol. The van der Waals surface area contributed by atoms with Crippen LogP contribution < -0.4 is 5.32 Å². The van der Waals surface area contributed by atoms with Gasteiger partial charge in [0, 0.05) is 11.0 Å². The Morgan fingerprint density at radius 1 is 1.19 bits per heavy atom. The van der Waals surface area contributed by atoms with Crippen molar-refractivity contribution in [2.75, 3.05) is 0 Å². The number of benzene rings is 1. The van der Waals surface area contributed by atoms with Gasteiger partial charge in [-0.25, -0.2) is 0 Å². The van der Waals surface area contributed by atoms with Crippen molar-refractivity contribution < 1.29 is 14.7 Å². The highest BCUT2D eigenvalue weighted by Gasteiger charge is 2.16. The van der Waals surface area contributed by atoms with Gasteiger partial charge in [0.25, 0.3) is 0 Å². The second kappa shape index (κ2) is 7.40. The summed E-state index contributed by atoms with van der Waals surface area (Å²) < 4.78 is 0. The largest absolute Gasteiger partial charge is 0.481 e. The van der Waals surface area contributed by atoms with Gasteiger partial charge in [-0.3, -0.25) is 9.59 Å². The molecular formula is C16H15NO3S. The minimum atomic E-state index is -0.952. The Kier molecular flexibility index (Phi) is 5.29. The van der Waals surface area contributed by atoms with E-state index >= 15 is 0 Å². The van der Waals surface area contributed by atoms with Crippen LogP contribution in [-0.2, 0) is 9.59 Å². The predicted molar refractivity (Wildman–Crippen MR) is 82.9 cm³/mol. The second-order valence-electron chi connectivity index (χ2n) is 4.42. The highest BCUT2D eigenvalue weighted by Crippen LogP contribution is 2.17. The summed E-state index contributed by atoms with van der Waals surface area (Å²) in [4.78, 5) is 23.8. The number of carbonyl (C=O) groups is 2. The Morgan fingerprint density at radius 2 is 1.95 bits per heavy atom. The molecule has 2 N–H and O–H groups in total. The molecule has 0 aliphatic carbocycles. The number of hydrogen-bond acceptors (Lipinski definition) is 3. The van der Waals surface area contributed by atoms with Crippen LogP contribution in [0.15, 0.2) is 53.9 Å². The summed E-state index contributed by atoms with van der Waals surface area (Å²) in [6.45, 7) is 0. The van der Waals surface area contributed by atoms with Crippen LogP contribution in [0.4, 0.5) is 0 Å². The molecule has 5 heteroatoms. The van der Waals surface area contributed by atoms with Crippen LogP contribution in [0.5, 0.6) is 0 Å². The van der Waals surface area contributed by atoms with Crippen LogP contribution in [0, 0.1) is 0 Å². The molecule has 4 nitrogen and oxygen atoms in total. The number of rotatable bonds is 6. The molecule has 1 unspecified atom stereocenters. The number of carboxylic acid groups (broad SMARTS) is 1. The van der Waals surface area contributed by atoms with Crippen LogP contribution in [-0.4, -0.2) is 17.0 Å². The molecule has 1 heterocycles. The first-order chi connectivity index (χ1) is 10.1. The number of aliphatic carboxylic acids is 1. The summed E-state index contributed by atoms with van der Waals surface area (Å²) in [6, 6.07) is 12.4. The lowest BCUT2D eigenvalue weighted by molar-refractivity contribution is -0.137. The highest BCUT2D eigenvalue weighted by atomic mass is 32.1. The number of carboxylic acids is 1. The fourth-order valence-corrected chi connectivity index (χ4v) is 2.49. The molecular weight excluding hydrogens is 286 g/mol. The normalized spacial score (nSPS) is 12.2. The molecule has 0 aliphatic rings. The van der Waals surface area contributed by atoms with Gasteiger partial charge >= 0.3 is 5.97 Å². The smallest absolute Gasteiger partial charge is 0.305 e. The molecule has 0 aliphatic heterocycles. The topological polar surface area (TPSA) is 66.4 Å². The molecule has 1 amide bonds. The van der Waals surface area contributed by atoms with E-state index in [1.54, 1.807) is 18.2 Å². The first-order valence-electron chi connectivity index (χ1n) is 6.44. The maximum Gasteiger partial charge on any atom is 0.305 e. The number of hydrogen-bond donors (Lipinski definition) is 2. The van der Waals surface area contributed by atoms with Crippen molar-refractivity contribution in [1.82, 2.24) is 5.32 Å². The molecule has 1 aromatic heterocycles. The summed E-state index contributed by atoms with van der Waals surface area (Å²) in [5.74, 6) is -1.26. The second-order valence-corrected chi connectivity index (χ2v) is 5.40. The standard InChI is InChI=1S/C16H15NO3S/c18-15(9-8-13-7-4-10-21-13)17-14(11-16(19)20)12-5-2-1-3-6-12/h1-10,14H,11H2,(H,17,18)(H,19,20)/b9-8+. The van der Waals surface area contributed by atoms with Gasteiger partial charge < -0.3 is 10.4 Å². The zero-order valence-corrected chi connectivity index (χ0v) is 12.0. The van der Waals surface area contributed by atoms with Crippen LogP contribution >= 0.6 is 11.3 Å². The Hall–Kier alpha value is -2.40. The van der Waals surface area contributed by atoms with E-state index < -0.39 is 12.0 Å². The van der Waals surface area contributed by atoms with Gasteiger partial charge in [-0.2, -0.15) is 0 Å². The Labute approximate surface area is 126 Å². The van der Waals surface area contributed by atoms with Gasteiger partial charge in [0.15, 0.2) is 0 Å². The number of thiophene rings is 1. The molecule has 0 saturated carbocycles. The highest BCUT2D eigenvalue weighted by molar-refractivity contribution is 7.10. The van der Waals surface area contributed by atoms with Crippen molar-refractivity contribution in [3.05, 3.63) is 64.4 Å².